The maximum Gasteiger partial charge on any atom is 0.117 e. The van der Waals surface area contributed by atoms with Gasteiger partial charge in [-0.1, -0.05) is 41.9 Å². The number of hydrogen-bond donors (Lipinski definition) is 0. The van der Waals surface area contributed by atoms with E-state index in [1.54, 1.807) is 11.3 Å². The summed E-state index contributed by atoms with van der Waals surface area (Å²) in [6.45, 7) is 2.08. The summed E-state index contributed by atoms with van der Waals surface area (Å²) in [5.41, 5.74) is 3.31. The Balaban J connectivity index is 1.95. The number of aryl methyl sites for hydroxylation is 1. The van der Waals surface area contributed by atoms with E-state index in [9.17, 15) is 0 Å². The number of rotatable bonds is 2. The zero-order chi connectivity index (χ0) is 13.2. The maximum atomic E-state index is 6.12. The van der Waals surface area contributed by atoms with Crippen LogP contribution >= 0.6 is 22.9 Å². The topological polar surface area (TPSA) is 12.9 Å². The highest BCUT2D eigenvalue weighted by atomic mass is 35.5. The molecular weight excluding hydrogens is 274 g/mol. The Morgan fingerprint density at radius 2 is 1.95 bits per heavy atom. The van der Waals surface area contributed by atoms with Crippen molar-refractivity contribution in [3.8, 4) is 0 Å². The minimum atomic E-state index is 0.760. The lowest BCUT2D eigenvalue weighted by Gasteiger charge is -1.94. The van der Waals surface area contributed by atoms with E-state index in [1.807, 2.05) is 36.4 Å². The van der Waals surface area contributed by atoms with Crippen LogP contribution in [0.1, 0.15) is 16.1 Å². The molecule has 0 aliphatic heterocycles. The first-order valence-electron chi connectivity index (χ1n) is 6.02. The predicted octanol–water partition coefficient (Wildman–Crippen LogP) is 5.43. The van der Waals surface area contributed by atoms with Crippen LogP contribution < -0.4 is 0 Å². The summed E-state index contributed by atoms with van der Waals surface area (Å²) in [5, 5.41) is 1.76. The molecular formula is C16H12ClNS. The lowest BCUT2D eigenvalue weighted by Crippen LogP contribution is -1.74. The molecule has 0 fully saturated rings. The summed E-state index contributed by atoms with van der Waals surface area (Å²) >= 11 is 7.81. The summed E-state index contributed by atoms with van der Waals surface area (Å²) in [5.74, 6) is 0. The normalized spacial score (nSPS) is 11.5. The molecule has 0 N–H and O–H groups in total. The molecule has 0 bridgehead atoms. The molecule has 1 nitrogen and oxygen atoms in total. The van der Waals surface area contributed by atoms with E-state index in [1.165, 1.54) is 10.3 Å². The Morgan fingerprint density at radius 3 is 2.79 bits per heavy atom. The van der Waals surface area contributed by atoms with Crippen molar-refractivity contribution in [2.75, 3.05) is 0 Å². The number of nitrogens with zero attached hydrogens (tertiary/aromatic N) is 1. The van der Waals surface area contributed by atoms with Gasteiger partial charge in [0.05, 0.1) is 10.2 Å². The molecule has 0 amide bonds. The van der Waals surface area contributed by atoms with Crippen molar-refractivity contribution < 1.29 is 0 Å². The fourth-order valence-corrected chi connectivity index (χ4v) is 2.95. The van der Waals surface area contributed by atoms with E-state index in [-0.39, 0.29) is 0 Å². The monoisotopic (exact) mass is 285 g/mol. The van der Waals surface area contributed by atoms with Crippen LogP contribution in [0.5, 0.6) is 0 Å². The second-order valence-electron chi connectivity index (χ2n) is 4.38. The molecule has 2 aromatic carbocycles. The Kier molecular flexibility index (Phi) is 3.36. The molecule has 0 saturated heterocycles. The number of aromatic nitrogens is 1. The molecule has 94 valence electrons. The van der Waals surface area contributed by atoms with Crippen molar-refractivity contribution in [2.24, 2.45) is 0 Å². The number of benzene rings is 2. The van der Waals surface area contributed by atoms with E-state index in [4.69, 9.17) is 11.6 Å². The van der Waals surface area contributed by atoms with Crippen molar-refractivity contribution in [2.45, 2.75) is 6.92 Å². The first kappa shape index (κ1) is 12.4. The van der Waals surface area contributed by atoms with E-state index >= 15 is 0 Å². The highest BCUT2D eigenvalue weighted by Gasteiger charge is 2.01. The molecule has 3 heteroatoms. The molecule has 0 aliphatic rings. The molecule has 1 aromatic heterocycles. The number of halogens is 1. The highest BCUT2D eigenvalue weighted by Crippen LogP contribution is 2.25. The van der Waals surface area contributed by atoms with Crippen LogP contribution in [0.4, 0.5) is 0 Å². The van der Waals surface area contributed by atoms with Gasteiger partial charge in [-0.15, -0.1) is 11.3 Å². The minimum Gasteiger partial charge on any atom is -0.237 e. The van der Waals surface area contributed by atoms with Crippen molar-refractivity contribution in [1.82, 2.24) is 4.98 Å². The predicted molar refractivity (Wildman–Crippen MR) is 84.7 cm³/mol. The molecule has 0 saturated carbocycles. The third-order valence-electron chi connectivity index (χ3n) is 2.87. The zero-order valence-corrected chi connectivity index (χ0v) is 12.0. The van der Waals surface area contributed by atoms with Crippen LogP contribution in [0.3, 0.4) is 0 Å². The van der Waals surface area contributed by atoms with Gasteiger partial charge < -0.3 is 0 Å². The highest BCUT2D eigenvalue weighted by molar-refractivity contribution is 7.19. The van der Waals surface area contributed by atoms with Crippen molar-refractivity contribution in [3.63, 3.8) is 0 Å². The molecule has 3 aromatic rings. The third kappa shape index (κ3) is 2.70. The summed E-state index contributed by atoms with van der Waals surface area (Å²) in [6.07, 6.45) is 4.02. The molecule has 3 rings (SSSR count). The molecule has 0 aliphatic carbocycles. The Morgan fingerprint density at radius 1 is 1.11 bits per heavy atom. The van der Waals surface area contributed by atoms with Crippen LogP contribution in [0.25, 0.3) is 22.4 Å². The molecule has 0 atom stereocenters. The van der Waals surface area contributed by atoms with Gasteiger partial charge in [-0.2, -0.15) is 0 Å². The Labute approximate surface area is 121 Å². The van der Waals surface area contributed by atoms with E-state index in [0.29, 0.717) is 0 Å². The third-order valence-corrected chi connectivity index (χ3v) is 4.22. The molecule has 1 heterocycles. The molecule has 0 radical (unpaired) electrons. The Hall–Kier alpha value is -1.64. The first-order chi connectivity index (χ1) is 9.22. The quantitative estimate of drug-likeness (QED) is 0.612. The van der Waals surface area contributed by atoms with Gasteiger partial charge in [0, 0.05) is 5.02 Å². The summed E-state index contributed by atoms with van der Waals surface area (Å²) in [6, 6.07) is 14.1. The SMILES string of the molecule is Cc1ccc2sc(C=Cc3ccccc3Cl)nc2c1. The minimum absolute atomic E-state index is 0.760. The van der Waals surface area contributed by atoms with Gasteiger partial charge in [0.25, 0.3) is 0 Å². The van der Waals surface area contributed by atoms with Crippen molar-refractivity contribution in [3.05, 3.63) is 63.6 Å². The first-order valence-corrected chi connectivity index (χ1v) is 7.21. The second kappa shape index (κ2) is 5.16. The number of hydrogen-bond acceptors (Lipinski definition) is 2. The second-order valence-corrected chi connectivity index (χ2v) is 5.85. The van der Waals surface area contributed by atoms with Crippen LogP contribution in [0.15, 0.2) is 42.5 Å². The van der Waals surface area contributed by atoms with Crippen LogP contribution in [0, 0.1) is 6.92 Å². The van der Waals surface area contributed by atoms with Crippen LogP contribution in [-0.4, -0.2) is 4.98 Å². The number of thiazole rings is 1. The van der Waals surface area contributed by atoms with Gasteiger partial charge >= 0.3 is 0 Å². The van der Waals surface area contributed by atoms with Gasteiger partial charge in [-0.05, 0) is 42.3 Å². The molecule has 0 unspecified atom stereocenters. The standard InChI is InChI=1S/C16H12ClNS/c1-11-6-8-15-14(10-11)18-16(19-15)9-7-12-4-2-3-5-13(12)17/h2-10H,1H3. The summed E-state index contributed by atoms with van der Waals surface area (Å²) in [7, 11) is 0. The van der Waals surface area contributed by atoms with E-state index in [2.05, 4.69) is 30.1 Å². The summed E-state index contributed by atoms with van der Waals surface area (Å²) in [4.78, 5) is 4.61. The molecule has 0 spiro atoms. The Bertz CT molecular complexity index is 758. The molecule has 19 heavy (non-hydrogen) atoms. The fourth-order valence-electron chi connectivity index (χ4n) is 1.90. The van der Waals surface area contributed by atoms with E-state index in [0.717, 1.165) is 21.1 Å². The van der Waals surface area contributed by atoms with Gasteiger partial charge in [0.2, 0.25) is 0 Å². The average Bonchev–Trinajstić information content (AvgIpc) is 2.79. The van der Waals surface area contributed by atoms with Crippen LogP contribution in [0.2, 0.25) is 5.02 Å². The van der Waals surface area contributed by atoms with Crippen molar-refractivity contribution >= 4 is 45.3 Å². The lowest BCUT2D eigenvalue weighted by atomic mass is 10.2. The maximum absolute atomic E-state index is 6.12. The van der Waals surface area contributed by atoms with Gasteiger partial charge in [0.1, 0.15) is 5.01 Å². The van der Waals surface area contributed by atoms with Crippen LogP contribution in [-0.2, 0) is 0 Å². The van der Waals surface area contributed by atoms with Gasteiger partial charge in [-0.25, -0.2) is 4.98 Å². The average molecular weight is 286 g/mol. The smallest absolute Gasteiger partial charge is 0.117 e. The fraction of sp³-hybridized carbons (Fsp3) is 0.0625. The number of fused-ring (bicyclic) bond motifs is 1. The van der Waals surface area contributed by atoms with Crippen molar-refractivity contribution in [1.29, 1.82) is 0 Å². The lowest BCUT2D eigenvalue weighted by molar-refractivity contribution is 1.43. The van der Waals surface area contributed by atoms with E-state index < -0.39 is 0 Å². The summed E-state index contributed by atoms with van der Waals surface area (Å²) < 4.78 is 1.21. The largest absolute Gasteiger partial charge is 0.237 e. The van der Waals surface area contributed by atoms with Gasteiger partial charge in [-0.3, -0.25) is 0 Å². The van der Waals surface area contributed by atoms with Gasteiger partial charge in [0.15, 0.2) is 0 Å². The zero-order valence-electron chi connectivity index (χ0n) is 10.4.